The molecule has 5 aliphatic rings. The molecule has 216 valence electrons. The lowest BCUT2D eigenvalue weighted by Crippen LogP contribution is -2.59. The van der Waals surface area contributed by atoms with Gasteiger partial charge in [-0.25, -0.2) is 0 Å². The van der Waals surface area contributed by atoms with Gasteiger partial charge in [0.1, 0.15) is 17.4 Å². The van der Waals surface area contributed by atoms with E-state index in [9.17, 15) is 14.4 Å². The zero-order valence-corrected chi connectivity index (χ0v) is 23.9. The molecule has 2 bridgehead atoms. The second kappa shape index (κ2) is 10.8. The molecule has 2 N–H and O–H groups in total. The normalized spacial score (nSPS) is 38.3. The van der Waals surface area contributed by atoms with Crippen LogP contribution in [0, 0.1) is 23.7 Å². The summed E-state index contributed by atoms with van der Waals surface area (Å²) in [5.41, 5.74) is -0.480. The third kappa shape index (κ3) is 4.62. The van der Waals surface area contributed by atoms with Crippen LogP contribution in [-0.4, -0.2) is 59.1 Å². The summed E-state index contributed by atoms with van der Waals surface area (Å²) in [6, 6.07) is 6.55. The third-order valence-corrected chi connectivity index (χ3v) is 10.1. The van der Waals surface area contributed by atoms with Gasteiger partial charge in [-0.15, -0.1) is 0 Å². The Morgan fingerprint density at radius 1 is 1.02 bits per heavy atom. The molecule has 1 spiro atoms. The van der Waals surface area contributed by atoms with Crippen molar-refractivity contribution in [1.82, 2.24) is 10.2 Å². The van der Waals surface area contributed by atoms with E-state index in [-0.39, 0.29) is 29.8 Å². The lowest BCUT2D eigenvalue weighted by Gasteiger charge is -2.40. The lowest BCUT2D eigenvalue weighted by molar-refractivity contribution is -0.145. The largest absolute Gasteiger partial charge is 0.494 e. The number of likely N-dealkylation sites (tertiary alicyclic amines) is 1. The van der Waals surface area contributed by atoms with Gasteiger partial charge in [-0.1, -0.05) is 38.8 Å². The van der Waals surface area contributed by atoms with Crippen LogP contribution in [-0.2, 0) is 19.1 Å². The average Bonchev–Trinajstić information content (AvgIpc) is 3.59. The highest BCUT2D eigenvalue weighted by Crippen LogP contribution is 2.56. The summed E-state index contributed by atoms with van der Waals surface area (Å²) in [6.45, 7) is 6.94. The van der Waals surface area contributed by atoms with Crippen LogP contribution in [0.1, 0.15) is 72.1 Å². The number of fused-ring (bicyclic) bond motifs is 1. The molecule has 3 aliphatic heterocycles. The minimum absolute atomic E-state index is 0.0194. The van der Waals surface area contributed by atoms with E-state index < -0.39 is 29.6 Å². The summed E-state index contributed by atoms with van der Waals surface area (Å²) in [4.78, 5) is 44.1. The van der Waals surface area contributed by atoms with Gasteiger partial charge in [0, 0.05) is 17.8 Å². The molecule has 4 fully saturated rings. The Morgan fingerprint density at radius 3 is 2.45 bits per heavy atom. The SMILES string of the molecule is CCOc1ccc(NC(=O)[C@@H]2[C@@H]3C=C[C@]4(O3)[C@@H]2C(=O)N(C2CCC(C)CC2)[C@H]4C(=O)N[C@H]2CCCC[C@@H]2C)cc1. The maximum atomic E-state index is 14.3. The first kappa shape index (κ1) is 27.3. The first-order valence-electron chi connectivity index (χ1n) is 15.4. The Morgan fingerprint density at radius 2 is 1.75 bits per heavy atom. The smallest absolute Gasteiger partial charge is 0.246 e. The summed E-state index contributed by atoms with van der Waals surface area (Å²) in [5.74, 6) is -0.170. The highest BCUT2D eigenvalue weighted by Gasteiger charge is 2.73. The van der Waals surface area contributed by atoms with E-state index in [4.69, 9.17) is 9.47 Å². The van der Waals surface area contributed by atoms with Crippen LogP contribution in [0.3, 0.4) is 0 Å². The van der Waals surface area contributed by atoms with Crippen molar-refractivity contribution in [3.8, 4) is 5.75 Å². The van der Waals surface area contributed by atoms with Crippen molar-refractivity contribution < 1.29 is 23.9 Å². The minimum atomic E-state index is -1.12. The molecule has 3 heterocycles. The Kier molecular flexibility index (Phi) is 7.40. The van der Waals surface area contributed by atoms with Crippen LogP contribution in [0.25, 0.3) is 0 Å². The Hall–Kier alpha value is -2.87. The van der Waals surface area contributed by atoms with Gasteiger partial charge >= 0.3 is 0 Å². The number of hydrogen-bond donors (Lipinski definition) is 2. The summed E-state index contributed by atoms with van der Waals surface area (Å²) in [5, 5.41) is 6.34. The van der Waals surface area contributed by atoms with Crippen LogP contribution >= 0.6 is 0 Å². The number of ether oxygens (including phenoxy) is 2. The van der Waals surface area contributed by atoms with Gasteiger partial charge in [0.2, 0.25) is 17.7 Å². The van der Waals surface area contributed by atoms with E-state index in [1.165, 1.54) is 6.42 Å². The molecule has 3 amide bonds. The zero-order chi connectivity index (χ0) is 28.0. The van der Waals surface area contributed by atoms with E-state index in [1.807, 2.05) is 36.1 Å². The monoisotopic (exact) mass is 549 g/mol. The van der Waals surface area contributed by atoms with Gasteiger partial charge in [0.05, 0.1) is 24.5 Å². The first-order chi connectivity index (χ1) is 19.3. The number of nitrogens with one attached hydrogen (secondary N) is 2. The molecule has 1 aromatic rings. The third-order valence-electron chi connectivity index (χ3n) is 10.1. The number of amides is 3. The summed E-state index contributed by atoms with van der Waals surface area (Å²) < 4.78 is 12.1. The maximum Gasteiger partial charge on any atom is 0.246 e. The highest BCUT2D eigenvalue weighted by atomic mass is 16.5. The molecule has 8 heteroatoms. The van der Waals surface area contributed by atoms with Crippen molar-refractivity contribution in [1.29, 1.82) is 0 Å². The molecule has 0 unspecified atom stereocenters. The number of hydrogen-bond acceptors (Lipinski definition) is 5. The molecule has 2 saturated carbocycles. The van der Waals surface area contributed by atoms with E-state index in [0.29, 0.717) is 24.1 Å². The Labute approximate surface area is 237 Å². The van der Waals surface area contributed by atoms with Gasteiger partial charge in [0.15, 0.2) is 0 Å². The van der Waals surface area contributed by atoms with Crippen molar-refractivity contribution in [2.75, 3.05) is 11.9 Å². The highest BCUT2D eigenvalue weighted by molar-refractivity contribution is 6.03. The topological polar surface area (TPSA) is 97.0 Å². The molecular formula is C32H43N3O5. The van der Waals surface area contributed by atoms with Crippen LogP contribution in [0.15, 0.2) is 36.4 Å². The number of carbonyl (C=O) groups excluding carboxylic acids is 3. The summed E-state index contributed by atoms with van der Waals surface area (Å²) in [6.07, 6.45) is 11.4. The Bertz CT molecular complexity index is 1160. The summed E-state index contributed by atoms with van der Waals surface area (Å²) >= 11 is 0. The fourth-order valence-electron chi connectivity index (χ4n) is 7.94. The minimum Gasteiger partial charge on any atom is -0.494 e. The van der Waals surface area contributed by atoms with Gasteiger partial charge < -0.3 is 25.0 Å². The average molecular weight is 550 g/mol. The predicted octanol–water partition coefficient (Wildman–Crippen LogP) is 4.45. The van der Waals surface area contributed by atoms with Crippen LogP contribution < -0.4 is 15.4 Å². The van der Waals surface area contributed by atoms with Gasteiger partial charge in [-0.05, 0) is 81.5 Å². The van der Waals surface area contributed by atoms with Crippen molar-refractivity contribution in [2.45, 2.75) is 102 Å². The van der Waals surface area contributed by atoms with Gasteiger partial charge in [0.25, 0.3) is 0 Å². The van der Waals surface area contributed by atoms with Gasteiger partial charge in [-0.3, -0.25) is 14.4 Å². The van der Waals surface area contributed by atoms with Crippen molar-refractivity contribution >= 4 is 23.4 Å². The number of benzene rings is 1. The van der Waals surface area contributed by atoms with Crippen LogP contribution in [0.5, 0.6) is 5.75 Å². The Balaban J connectivity index is 1.28. The maximum absolute atomic E-state index is 14.3. The fourth-order valence-corrected chi connectivity index (χ4v) is 7.94. The van der Waals surface area contributed by atoms with Crippen LogP contribution in [0.2, 0.25) is 0 Å². The van der Waals surface area contributed by atoms with Crippen LogP contribution in [0.4, 0.5) is 5.69 Å². The predicted molar refractivity (Wildman–Crippen MR) is 152 cm³/mol. The summed E-state index contributed by atoms with van der Waals surface area (Å²) in [7, 11) is 0. The van der Waals surface area contributed by atoms with E-state index in [2.05, 4.69) is 24.5 Å². The van der Waals surface area contributed by atoms with E-state index in [0.717, 1.165) is 50.7 Å². The molecule has 6 rings (SSSR count). The first-order valence-corrected chi connectivity index (χ1v) is 15.4. The molecule has 2 aliphatic carbocycles. The molecule has 7 atom stereocenters. The molecule has 40 heavy (non-hydrogen) atoms. The second-order valence-corrected chi connectivity index (χ2v) is 12.7. The van der Waals surface area contributed by atoms with E-state index >= 15 is 0 Å². The number of nitrogens with zero attached hydrogens (tertiary/aromatic N) is 1. The second-order valence-electron chi connectivity index (χ2n) is 12.7. The molecule has 0 aromatic heterocycles. The molecule has 0 radical (unpaired) electrons. The fraction of sp³-hybridized carbons (Fsp3) is 0.656. The standard InChI is InChI=1S/C32H43N3O5/c1-4-39-23-15-11-21(12-16-23)33-29(36)26-25-17-18-32(40-25)27(26)31(38)35(22-13-9-19(2)10-14-22)28(32)30(37)34-24-8-6-5-7-20(24)3/h11-12,15-20,22,24-28H,4-10,13-14H2,1-3H3,(H,33,36)(H,34,37)/t19?,20-,22?,24-,25-,26+,27-,28-,32-/m0/s1. The molecular weight excluding hydrogens is 506 g/mol. The molecule has 8 nitrogen and oxygen atoms in total. The van der Waals surface area contributed by atoms with Crippen molar-refractivity contribution in [3.05, 3.63) is 36.4 Å². The number of rotatable bonds is 7. The zero-order valence-electron chi connectivity index (χ0n) is 23.9. The number of anilines is 1. The lowest BCUT2D eigenvalue weighted by atomic mass is 9.74. The quantitative estimate of drug-likeness (QED) is 0.490. The molecule has 1 aromatic carbocycles. The van der Waals surface area contributed by atoms with Gasteiger partial charge in [-0.2, -0.15) is 0 Å². The molecule has 2 saturated heterocycles. The van der Waals surface area contributed by atoms with Crippen molar-refractivity contribution in [3.63, 3.8) is 0 Å². The van der Waals surface area contributed by atoms with E-state index in [1.54, 1.807) is 12.1 Å². The van der Waals surface area contributed by atoms with Crippen molar-refractivity contribution in [2.24, 2.45) is 23.7 Å². The number of carbonyl (C=O) groups is 3.